The molecule has 2 aromatic carbocycles. The maximum absolute atomic E-state index is 9.44. The zero-order valence-corrected chi connectivity index (χ0v) is 11.9. The second-order valence-electron chi connectivity index (χ2n) is 4.75. The first kappa shape index (κ1) is 13.6. The van der Waals surface area contributed by atoms with E-state index in [2.05, 4.69) is 10.1 Å². The number of halogens is 1. The summed E-state index contributed by atoms with van der Waals surface area (Å²) in [7, 11) is 0. The molecule has 3 rings (SSSR count). The van der Waals surface area contributed by atoms with E-state index in [0.29, 0.717) is 29.6 Å². The molecule has 0 saturated heterocycles. The molecule has 1 N–H and O–H groups in total. The molecule has 0 radical (unpaired) electrons. The number of nitrogens with zero attached hydrogens (tertiary/aromatic N) is 2. The van der Waals surface area contributed by atoms with Crippen molar-refractivity contribution in [2.75, 3.05) is 0 Å². The van der Waals surface area contributed by atoms with Gasteiger partial charge in [0.1, 0.15) is 5.75 Å². The highest BCUT2D eigenvalue weighted by Gasteiger charge is 2.08. The Morgan fingerprint density at radius 1 is 1.00 bits per heavy atom. The lowest BCUT2D eigenvalue weighted by molar-refractivity contribution is 0.380. The fourth-order valence-corrected chi connectivity index (χ4v) is 2.19. The van der Waals surface area contributed by atoms with Gasteiger partial charge in [-0.1, -0.05) is 41.0 Å². The Kier molecular flexibility index (Phi) is 3.88. The summed E-state index contributed by atoms with van der Waals surface area (Å²) in [6.07, 6.45) is 1.10. The van der Waals surface area contributed by atoms with Crippen LogP contribution in [0.15, 0.2) is 53.1 Å². The Hall–Kier alpha value is -2.33. The Morgan fingerprint density at radius 2 is 1.81 bits per heavy atom. The van der Waals surface area contributed by atoms with E-state index in [9.17, 15) is 5.11 Å². The highest BCUT2D eigenvalue weighted by molar-refractivity contribution is 6.30. The molecule has 0 spiro atoms. The molecule has 1 aromatic heterocycles. The molecule has 1 heterocycles. The molecule has 0 atom stereocenters. The van der Waals surface area contributed by atoms with Crippen LogP contribution in [-0.4, -0.2) is 15.2 Å². The van der Waals surface area contributed by atoms with E-state index in [0.717, 1.165) is 11.1 Å². The van der Waals surface area contributed by atoms with Crippen LogP contribution in [0.2, 0.25) is 5.02 Å². The van der Waals surface area contributed by atoms with Crippen molar-refractivity contribution in [3.63, 3.8) is 0 Å². The van der Waals surface area contributed by atoms with E-state index >= 15 is 0 Å². The van der Waals surface area contributed by atoms with Crippen molar-refractivity contribution in [1.29, 1.82) is 0 Å². The van der Waals surface area contributed by atoms with Crippen LogP contribution in [0.1, 0.15) is 22.8 Å². The molecular formula is C16H13ClN2O2. The van der Waals surface area contributed by atoms with Gasteiger partial charge in [-0.3, -0.25) is 0 Å². The number of rotatable bonds is 4. The summed E-state index contributed by atoms with van der Waals surface area (Å²) in [5.74, 6) is 1.39. The van der Waals surface area contributed by atoms with Crippen molar-refractivity contribution < 1.29 is 9.63 Å². The Bertz CT molecular complexity index is 738. The first-order valence-corrected chi connectivity index (χ1v) is 6.91. The summed E-state index contributed by atoms with van der Waals surface area (Å²) in [5, 5.41) is 14.1. The fraction of sp³-hybridized carbons (Fsp3) is 0.125. The van der Waals surface area contributed by atoms with Gasteiger partial charge in [0.05, 0.1) is 6.42 Å². The summed E-state index contributed by atoms with van der Waals surface area (Å²) >= 11 is 5.85. The van der Waals surface area contributed by atoms with Crippen LogP contribution in [0.5, 0.6) is 5.75 Å². The summed E-state index contributed by atoms with van der Waals surface area (Å²) in [6.45, 7) is 0. The van der Waals surface area contributed by atoms with Crippen LogP contribution >= 0.6 is 11.6 Å². The fourth-order valence-electron chi connectivity index (χ4n) is 2.06. The van der Waals surface area contributed by atoms with E-state index in [4.69, 9.17) is 16.1 Å². The first-order chi connectivity index (χ1) is 10.2. The highest BCUT2D eigenvalue weighted by atomic mass is 35.5. The largest absolute Gasteiger partial charge is 0.508 e. The number of aromatic hydroxyl groups is 1. The van der Waals surface area contributed by atoms with Gasteiger partial charge in [0.2, 0.25) is 5.89 Å². The zero-order valence-electron chi connectivity index (χ0n) is 11.2. The molecule has 0 fully saturated rings. The topological polar surface area (TPSA) is 59.2 Å². The average molecular weight is 301 g/mol. The van der Waals surface area contributed by atoms with Crippen LogP contribution in [0.25, 0.3) is 0 Å². The van der Waals surface area contributed by atoms with Crippen molar-refractivity contribution >= 4 is 11.6 Å². The lowest BCUT2D eigenvalue weighted by Gasteiger charge is -1.97. The van der Waals surface area contributed by atoms with E-state index in [-0.39, 0.29) is 5.75 Å². The normalized spacial score (nSPS) is 10.7. The molecule has 0 bridgehead atoms. The molecule has 0 saturated carbocycles. The molecule has 0 amide bonds. The lowest BCUT2D eigenvalue weighted by Crippen LogP contribution is -1.92. The van der Waals surface area contributed by atoms with Crippen molar-refractivity contribution in [1.82, 2.24) is 10.1 Å². The summed E-state index contributed by atoms with van der Waals surface area (Å²) in [6, 6.07) is 14.6. The van der Waals surface area contributed by atoms with Gasteiger partial charge < -0.3 is 9.63 Å². The minimum Gasteiger partial charge on any atom is -0.508 e. The first-order valence-electron chi connectivity index (χ1n) is 6.53. The van der Waals surface area contributed by atoms with Crippen molar-refractivity contribution in [3.05, 3.63) is 76.4 Å². The van der Waals surface area contributed by atoms with E-state index in [1.165, 1.54) is 0 Å². The van der Waals surface area contributed by atoms with E-state index in [1.807, 2.05) is 30.3 Å². The SMILES string of the molecule is Oc1cccc(Cc2nc(Cc3ccc(Cl)cc3)no2)c1. The number of benzene rings is 2. The van der Waals surface area contributed by atoms with Gasteiger partial charge in [-0.05, 0) is 35.4 Å². The van der Waals surface area contributed by atoms with Gasteiger partial charge in [-0.2, -0.15) is 4.98 Å². The van der Waals surface area contributed by atoms with Gasteiger partial charge in [0.15, 0.2) is 5.82 Å². The van der Waals surface area contributed by atoms with Crippen LogP contribution in [0.3, 0.4) is 0 Å². The zero-order chi connectivity index (χ0) is 14.7. The number of phenolic OH excluding ortho intramolecular Hbond substituents is 1. The maximum Gasteiger partial charge on any atom is 0.231 e. The van der Waals surface area contributed by atoms with Crippen molar-refractivity contribution in [2.24, 2.45) is 0 Å². The molecule has 0 unspecified atom stereocenters. The smallest absolute Gasteiger partial charge is 0.231 e. The van der Waals surface area contributed by atoms with Gasteiger partial charge in [-0.25, -0.2) is 0 Å². The number of hydrogen-bond acceptors (Lipinski definition) is 4. The van der Waals surface area contributed by atoms with E-state index in [1.54, 1.807) is 18.2 Å². The third kappa shape index (κ3) is 3.61. The third-order valence-corrected chi connectivity index (χ3v) is 3.30. The molecule has 106 valence electrons. The maximum atomic E-state index is 9.44. The van der Waals surface area contributed by atoms with Crippen LogP contribution in [0.4, 0.5) is 0 Å². The standard InChI is InChI=1S/C16H13ClN2O2/c17-13-6-4-11(5-7-13)9-15-18-16(21-19-15)10-12-2-1-3-14(20)8-12/h1-8,20H,9-10H2. The second-order valence-corrected chi connectivity index (χ2v) is 5.19. The van der Waals surface area contributed by atoms with Gasteiger partial charge in [0.25, 0.3) is 0 Å². The minimum atomic E-state index is 0.230. The third-order valence-electron chi connectivity index (χ3n) is 3.05. The van der Waals surface area contributed by atoms with Gasteiger partial charge in [0, 0.05) is 11.4 Å². The summed E-state index contributed by atoms with van der Waals surface area (Å²) < 4.78 is 5.24. The highest BCUT2D eigenvalue weighted by Crippen LogP contribution is 2.16. The van der Waals surface area contributed by atoms with Crippen LogP contribution in [-0.2, 0) is 12.8 Å². The van der Waals surface area contributed by atoms with Crippen molar-refractivity contribution in [2.45, 2.75) is 12.8 Å². The summed E-state index contributed by atoms with van der Waals surface area (Å²) in [4.78, 5) is 4.36. The molecule has 0 aliphatic carbocycles. The molecule has 4 nitrogen and oxygen atoms in total. The monoisotopic (exact) mass is 300 g/mol. The quantitative estimate of drug-likeness (QED) is 0.799. The van der Waals surface area contributed by atoms with Crippen LogP contribution < -0.4 is 0 Å². The predicted molar refractivity (Wildman–Crippen MR) is 79.5 cm³/mol. The van der Waals surface area contributed by atoms with Crippen molar-refractivity contribution in [3.8, 4) is 5.75 Å². The lowest BCUT2D eigenvalue weighted by atomic mass is 10.1. The Morgan fingerprint density at radius 3 is 2.57 bits per heavy atom. The molecule has 5 heteroatoms. The van der Waals surface area contributed by atoms with Gasteiger partial charge >= 0.3 is 0 Å². The van der Waals surface area contributed by atoms with Gasteiger partial charge in [-0.15, -0.1) is 0 Å². The molecule has 0 aliphatic rings. The molecule has 0 aliphatic heterocycles. The minimum absolute atomic E-state index is 0.230. The number of aromatic nitrogens is 2. The molecular weight excluding hydrogens is 288 g/mol. The molecule has 21 heavy (non-hydrogen) atoms. The van der Waals surface area contributed by atoms with Crippen LogP contribution in [0, 0.1) is 0 Å². The number of hydrogen-bond donors (Lipinski definition) is 1. The Labute approximate surface area is 127 Å². The average Bonchev–Trinajstić information content (AvgIpc) is 2.89. The number of phenols is 1. The predicted octanol–water partition coefficient (Wildman–Crippen LogP) is 3.61. The molecule has 3 aromatic rings. The second kappa shape index (κ2) is 5.97. The Balaban J connectivity index is 1.70. The summed E-state index contributed by atoms with van der Waals surface area (Å²) in [5.41, 5.74) is 2.00. The van der Waals surface area contributed by atoms with E-state index < -0.39 is 0 Å².